The van der Waals surface area contributed by atoms with Crippen molar-refractivity contribution >= 4 is 11.7 Å². The van der Waals surface area contributed by atoms with Gasteiger partial charge in [-0.3, -0.25) is 9.59 Å². The SMILES string of the molecule is O=C(CCC(=O)N1CCC1)c1ccc2c(c1)CCC2. The number of Topliss-reactive ketones (excluding diaryl/α,β-unsaturated/α-hetero) is 1. The van der Waals surface area contributed by atoms with Crippen LogP contribution >= 0.6 is 0 Å². The van der Waals surface area contributed by atoms with Gasteiger partial charge in [0.1, 0.15) is 0 Å². The summed E-state index contributed by atoms with van der Waals surface area (Å²) in [5.74, 6) is 0.226. The minimum Gasteiger partial charge on any atom is -0.343 e. The van der Waals surface area contributed by atoms with E-state index in [4.69, 9.17) is 0 Å². The fourth-order valence-corrected chi connectivity index (χ4v) is 2.83. The van der Waals surface area contributed by atoms with Gasteiger partial charge in [0.2, 0.25) is 5.91 Å². The van der Waals surface area contributed by atoms with Crippen LogP contribution in [0.15, 0.2) is 18.2 Å². The summed E-state index contributed by atoms with van der Waals surface area (Å²) in [6.45, 7) is 1.73. The van der Waals surface area contributed by atoms with Crippen LogP contribution in [0.5, 0.6) is 0 Å². The Kier molecular flexibility index (Phi) is 3.36. The lowest BCUT2D eigenvalue weighted by atomic mass is 10.0. The lowest BCUT2D eigenvalue weighted by Crippen LogP contribution is -2.42. The molecule has 0 aromatic heterocycles. The number of hydrogen-bond acceptors (Lipinski definition) is 2. The average molecular weight is 257 g/mol. The second-order valence-electron chi connectivity index (χ2n) is 5.49. The van der Waals surface area contributed by atoms with E-state index in [0.717, 1.165) is 37.9 Å². The first-order valence-electron chi connectivity index (χ1n) is 7.17. The second-order valence-corrected chi connectivity index (χ2v) is 5.49. The third-order valence-electron chi connectivity index (χ3n) is 4.20. The molecule has 2 aliphatic rings. The van der Waals surface area contributed by atoms with Gasteiger partial charge >= 0.3 is 0 Å². The standard InChI is InChI=1S/C16H19NO2/c18-15(7-8-16(19)17-9-2-10-17)14-6-5-12-3-1-4-13(12)11-14/h5-6,11H,1-4,7-10H2. The van der Waals surface area contributed by atoms with Crippen LogP contribution < -0.4 is 0 Å². The quantitative estimate of drug-likeness (QED) is 0.777. The van der Waals surface area contributed by atoms with E-state index in [9.17, 15) is 9.59 Å². The normalized spacial score (nSPS) is 16.9. The monoisotopic (exact) mass is 257 g/mol. The van der Waals surface area contributed by atoms with Gasteiger partial charge in [-0.15, -0.1) is 0 Å². The molecule has 0 bridgehead atoms. The van der Waals surface area contributed by atoms with Crippen LogP contribution in [0.1, 0.15) is 47.2 Å². The Hall–Kier alpha value is -1.64. The van der Waals surface area contributed by atoms with Gasteiger partial charge in [0, 0.05) is 31.5 Å². The summed E-state index contributed by atoms with van der Waals surface area (Å²) in [5.41, 5.74) is 3.48. The van der Waals surface area contributed by atoms with E-state index >= 15 is 0 Å². The van der Waals surface area contributed by atoms with Gasteiger partial charge in [-0.2, -0.15) is 0 Å². The first-order valence-corrected chi connectivity index (χ1v) is 7.17. The summed E-state index contributed by atoms with van der Waals surface area (Å²) in [5, 5.41) is 0. The van der Waals surface area contributed by atoms with Crippen molar-refractivity contribution < 1.29 is 9.59 Å². The zero-order chi connectivity index (χ0) is 13.2. The van der Waals surface area contributed by atoms with E-state index in [1.165, 1.54) is 17.5 Å². The molecule has 0 saturated carbocycles. The van der Waals surface area contributed by atoms with Crippen LogP contribution in [-0.4, -0.2) is 29.7 Å². The van der Waals surface area contributed by atoms with Crippen molar-refractivity contribution in [1.82, 2.24) is 4.90 Å². The van der Waals surface area contributed by atoms with Crippen molar-refractivity contribution in [1.29, 1.82) is 0 Å². The van der Waals surface area contributed by atoms with E-state index < -0.39 is 0 Å². The number of ketones is 1. The number of likely N-dealkylation sites (tertiary alicyclic amines) is 1. The van der Waals surface area contributed by atoms with Gasteiger partial charge in [-0.1, -0.05) is 12.1 Å². The minimum absolute atomic E-state index is 0.101. The highest BCUT2D eigenvalue weighted by molar-refractivity contribution is 5.98. The number of rotatable bonds is 4. The molecule has 1 aliphatic heterocycles. The molecule has 1 aromatic rings. The molecule has 0 atom stereocenters. The van der Waals surface area contributed by atoms with E-state index in [1.807, 2.05) is 17.0 Å². The van der Waals surface area contributed by atoms with Crippen LogP contribution in [0.25, 0.3) is 0 Å². The number of benzene rings is 1. The van der Waals surface area contributed by atoms with Crippen molar-refractivity contribution in [2.75, 3.05) is 13.1 Å². The molecule has 0 unspecified atom stereocenters. The summed E-state index contributed by atoms with van der Waals surface area (Å²) in [7, 11) is 0. The van der Waals surface area contributed by atoms with Crippen molar-refractivity contribution in [3.05, 3.63) is 34.9 Å². The van der Waals surface area contributed by atoms with Gasteiger partial charge in [0.25, 0.3) is 0 Å². The Morgan fingerprint density at radius 2 is 1.79 bits per heavy atom. The summed E-state index contributed by atoms with van der Waals surface area (Å²) in [6.07, 6.45) is 5.22. The maximum atomic E-state index is 12.1. The van der Waals surface area contributed by atoms with Crippen LogP contribution in [0.4, 0.5) is 0 Å². The van der Waals surface area contributed by atoms with Crippen molar-refractivity contribution in [3.63, 3.8) is 0 Å². The first kappa shape index (κ1) is 12.4. The molecule has 3 nitrogen and oxygen atoms in total. The maximum absolute atomic E-state index is 12.1. The zero-order valence-electron chi connectivity index (χ0n) is 11.2. The van der Waals surface area contributed by atoms with E-state index in [2.05, 4.69) is 6.07 Å². The molecular formula is C16H19NO2. The summed E-state index contributed by atoms with van der Waals surface area (Å²) < 4.78 is 0. The maximum Gasteiger partial charge on any atom is 0.223 e. The number of hydrogen-bond donors (Lipinski definition) is 0. The molecule has 0 spiro atoms. The second kappa shape index (κ2) is 5.16. The Labute approximate surface area is 113 Å². The van der Waals surface area contributed by atoms with E-state index in [0.29, 0.717) is 12.8 Å². The van der Waals surface area contributed by atoms with Gasteiger partial charge in [0.15, 0.2) is 5.78 Å². The van der Waals surface area contributed by atoms with Gasteiger partial charge < -0.3 is 4.90 Å². The number of nitrogens with zero attached hydrogens (tertiary/aromatic N) is 1. The number of aryl methyl sites for hydroxylation is 2. The summed E-state index contributed by atoms with van der Waals surface area (Å²) in [6, 6.07) is 6.02. The third kappa shape index (κ3) is 2.55. The Balaban J connectivity index is 1.59. The molecule has 3 heteroatoms. The van der Waals surface area contributed by atoms with E-state index in [-0.39, 0.29) is 11.7 Å². The Morgan fingerprint density at radius 3 is 2.53 bits per heavy atom. The molecule has 1 saturated heterocycles. The molecule has 1 heterocycles. The molecule has 0 radical (unpaired) electrons. The summed E-state index contributed by atoms with van der Waals surface area (Å²) in [4.78, 5) is 25.7. The van der Waals surface area contributed by atoms with Crippen molar-refractivity contribution in [2.45, 2.75) is 38.5 Å². The Bertz CT molecular complexity index is 517. The molecule has 1 aliphatic carbocycles. The minimum atomic E-state index is 0.101. The van der Waals surface area contributed by atoms with Gasteiger partial charge in [0.05, 0.1) is 0 Å². The van der Waals surface area contributed by atoms with Crippen molar-refractivity contribution in [2.24, 2.45) is 0 Å². The predicted molar refractivity (Wildman–Crippen MR) is 73.2 cm³/mol. The zero-order valence-corrected chi connectivity index (χ0v) is 11.2. The van der Waals surface area contributed by atoms with Crippen LogP contribution in [0, 0.1) is 0 Å². The molecule has 19 heavy (non-hydrogen) atoms. The van der Waals surface area contributed by atoms with E-state index in [1.54, 1.807) is 0 Å². The number of carbonyl (C=O) groups excluding carboxylic acids is 2. The summed E-state index contributed by atoms with van der Waals surface area (Å²) >= 11 is 0. The number of carbonyl (C=O) groups is 2. The van der Waals surface area contributed by atoms with Gasteiger partial charge in [-0.05, 0) is 42.9 Å². The topological polar surface area (TPSA) is 37.4 Å². The molecular weight excluding hydrogens is 238 g/mol. The highest BCUT2D eigenvalue weighted by Crippen LogP contribution is 2.23. The van der Waals surface area contributed by atoms with Crippen molar-refractivity contribution in [3.8, 4) is 0 Å². The number of fused-ring (bicyclic) bond motifs is 1. The highest BCUT2D eigenvalue weighted by atomic mass is 16.2. The van der Waals surface area contributed by atoms with Crippen LogP contribution in [0.2, 0.25) is 0 Å². The predicted octanol–water partition coefficient (Wildman–Crippen LogP) is 2.37. The largest absolute Gasteiger partial charge is 0.343 e. The van der Waals surface area contributed by atoms with Crippen LogP contribution in [0.3, 0.4) is 0 Å². The molecule has 100 valence electrons. The van der Waals surface area contributed by atoms with Crippen LogP contribution in [-0.2, 0) is 17.6 Å². The molecule has 1 fully saturated rings. The molecule has 3 rings (SSSR count). The lowest BCUT2D eigenvalue weighted by molar-refractivity contribution is -0.134. The first-order chi connectivity index (χ1) is 9.24. The molecule has 0 N–H and O–H groups in total. The molecule has 1 amide bonds. The smallest absolute Gasteiger partial charge is 0.223 e. The Morgan fingerprint density at radius 1 is 1.00 bits per heavy atom. The highest BCUT2D eigenvalue weighted by Gasteiger charge is 2.21. The fraction of sp³-hybridized carbons (Fsp3) is 0.500. The fourth-order valence-electron chi connectivity index (χ4n) is 2.83. The number of amides is 1. The lowest BCUT2D eigenvalue weighted by Gasteiger charge is -2.30. The average Bonchev–Trinajstić information content (AvgIpc) is 2.80. The van der Waals surface area contributed by atoms with Gasteiger partial charge in [-0.25, -0.2) is 0 Å². The third-order valence-corrected chi connectivity index (χ3v) is 4.20. The molecule has 1 aromatic carbocycles.